The Kier molecular flexibility index (Phi) is 6.76. The molecule has 1 atom stereocenters. The van der Waals surface area contributed by atoms with Gasteiger partial charge >= 0.3 is 5.97 Å². The van der Waals surface area contributed by atoms with E-state index < -0.39 is 12.0 Å². The Bertz CT molecular complexity index is 950. The van der Waals surface area contributed by atoms with Crippen LogP contribution in [0, 0.1) is 6.92 Å². The number of aryl methyl sites for hydroxylation is 1. The van der Waals surface area contributed by atoms with E-state index in [4.69, 9.17) is 4.74 Å². The lowest BCUT2D eigenvalue weighted by Gasteiger charge is -2.16. The predicted molar refractivity (Wildman–Crippen MR) is 113 cm³/mol. The minimum absolute atomic E-state index is 0.174. The highest BCUT2D eigenvalue weighted by atomic mass is 32.2. The third-order valence-corrected chi connectivity index (χ3v) is 5.55. The summed E-state index contributed by atoms with van der Waals surface area (Å²) in [6, 6.07) is 15.4. The number of hydrogen-bond donors (Lipinski definition) is 2. The summed E-state index contributed by atoms with van der Waals surface area (Å²) >= 11 is 1.52. The van der Waals surface area contributed by atoms with Gasteiger partial charge in [-0.05, 0) is 24.1 Å². The average molecular weight is 397 g/mol. The van der Waals surface area contributed by atoms with E-state index in [0.29, 0.717) is 6.42 Å². The van der Waals surface area contributed by atoms with Gasteiger partial charge in [0, 0.05) is 29.3 Å². The smallest absolute Gasteiger partial charge is 0.328 e. The zero-order valence-corrected chi connectivity index (χ0v) is 16.8. The molecule has 0 aliphatic heterocycles. The highest BCUT2D eigenvalue weighted by Gasteiger charge is 2.23. The lowest BCUT2D eigenvalue weighted by molar-refractivity contribution is -0.144. The topological polar surface area (TPSA) is 71.2 Å². The number of rotatable bonds is 8. The number of methoxy groups -OCH3 is 1. The number of H-pyrrole nitrogens is 1. The van der Waals surface area contributed by atoms with E-state index in [-0.39, 0.29) is 11.7 Å². The molecule has 28 heavy (non-hydrogen) atoms. The van der Waals surface area contributed by atoms with E-state index in [1.807, 2.05) is 37.4 Å². The summed E-state index contributed by atoms with van der Waals surface area (Å²) in [4.78, 5) is 27.7. The van der Waals surface area contributed by atoms with Gasteiger partial charge in [-0.3, -0.25) is 4.79 Å². The molecule has 0 saturated heterocycles. The van der Waals surface area contributed by atoms with Crippen molar-refractivity contribution in [3.8, 4) is 0 Å². The van der Waals surface area contributed by atoms with Gasteiger partial charge in [-0.1, -0.05) is 48.0 Å². The highest BCUT2D eigenvalue weighted by molar-refractivity contribution is 7.99. The number of aromatic nitrogens is 1. The van der Waals surface area contributed by atoms with Gasteiger partial charge in [0.1, 0.15) is 6.04 Å². The van der Waals surface area contributed by atoms with Crippen molar-refractivity contribution in [3.63, 3.8) is 0 Å². The highest BCUT2D eigenvalue weighted by Crippen LogP contribution is 2.19. The second kappa shape index (κ2) is 9.46. The molecule has 1 heterocycles. The van der Waals surface area contributed by atoms with E-state index in [1.54, 1.807) is 0 Å². The minimum Gasteiger partial charge on any atom is -0.467 e. The first kappa shape index (κ1) is 20.0. The van der Waals surface area contributed by atoms with Gasteiger partial charge in [-0.2, -0.15) is 0 Å². The summed E-state index contributed by atoms with van der Waals surface area (Å²) in [6.07, 6.45) is 2.25. The van der Waals surface area contributed by atoms with E-state index in [9.17, 15) is 9.59 Å². The van der Waals surface area contributed by atoms with Crippen molar-refractivity contribution in [1.82, 2.24) is 10.3 Å². The molecule has 0 bridgehead atoms. The molecule has 0 fully saturated rings. The number of para-hydroxylation sites is 1. The minimum atomic E-state index is -0.711. The predicted octanol–water partition coefficient (Wildman–Crippen LogP) is 3.61. The van der Waals surface area contributed by atoms with Crippen LogP contribution in [-0.4, -0.2) is 35.8 Å². The zero-order valence-electron chi connectivity index (χ0n) is 16.0. The maximum atomic E-state index is 12.4. The molecule has 0 saturated carbocycles. The number of carbonyl (C=O) groups is 2. The van der Waals surface area contributed by atoms with Crippen LogP contribution in [0.3, 0.4) is 0 Å². The van der Waals surface area contributed by atoms with Crippen LogP contribution in [0.2, 0.25) is 0 Å². The maximum absolute atomic E-state index is 12.4. The van der Waals surface area contributed by atoms with E-state index in [0.717, 1.165) is 22.2 Å². The van der Waals surface area contributed by atoms with Crippen LogP contribution in [-0.2, 0) is 26.5 Å². The number of carbonyl (C=O) groups excluding carboxylic acids is 2. The van der Waals surface area contributed by atoms with Gasteiger partial charge in [0.05, 0.1) is 12.9 Å². The van der Waals surface area contributed by atoms with E-state index in [2.05, 4.69) is 34.6 Å². The van der Waals surface area contributed by atoms with Crippen LogP contribution in [0.4, 0.5) is 0 Å². The molecule has 6 heteroatoms. The Morgan fingerprint density at radius 2 is 1.89 bits per heavy atom. The fourth-order valence-corrected chi connectivity index (χ4v) is 3.84. The number of esters is 1. The molecule has 1 aromatic heterocycles. The third-order valence-electron chi connectivity index (χ3n) is 4.54. The number of thioether (sulfide) groups is 1. The molecule has 0 spiro atoms. The molecule has 0 aliphatic carbocycles. The van der Waals surface area contributed by atoms with Crippen LogP contribution < -0.4 is 5.32 Å². The van der Waals surface area contributed by atoms with Crippen molar-refractivity contribution >= 4 is 34.5 Å². The SMILES string of the molecule is COC(=O)[C@@H](Cc1c[nH]c2ccccc12)NC(=O)CSCc1ccc(C)cc1. The van der Waals surface area contributed by atoms with Crippen LogP contribution in [0.15, 0.2) is 54.7 Å². The lowest BCUT2D eigenvalue weighted by Crippen LogP contribution is -2.43. The summed E-state index contributed by atoms with van der Waals surface area (Å²) < 4.78 is 4.89. The molecule has 2 aromatic carbocycles. The van der Waals surface area contributed by atoms with Crippen molar-refractivity contribution in [1.29, 1.82) is 0 Å². The lowest BCUT2D eigenvalue weighted by atomic mass is 10.0. The standard InChI is InChI=1S/C22H24N2O3S/c1-15-7-9-16(10-8-15)13-28-14-21(25)24-20(22(26)27-2)11-17-12-23-19-6-4-3-5-18(17)19/h3-10,12,20,23H,11,13-14H2,1-2H3,(H,24,25)/t20-/m1/s1. The summed E-state index contributed by atoms with van der Waals surface area (Å²) in [5.74, 6) is 0.420. The van der Waals surface area contributed by atoms with Crippen LogP contribution in [0.25, 0.3) is 10.9 Å². The Balaban J connectivity index is 1.58. The van der Waals surface area contributed by atoms with Crippen LogP contribution in [0.1, 0.15) is 16.7 Å². The van der Waals surface area contributed by atoms with Crippen molar-refractivity contribution in [2.75, 3.05) is 12.9 Å². The molecule has 0 radical (unpaired) electrons. The van der Waals surface area contributed by atoms with E-state index in [1.165, 1.54) is 30.0 Å². The van der Waals surface area contributed by atoms with Gasteiger partial charge < -0.3 is 15.0 Å². The summed E-state index contributed by atoms with van der Waals surface area (Å²) in [5.41, 5.74) is 4.36. The van der Waals surface area contributed by atoms with Gasteiger partial charge in [0.2, 0.25) is 5.91 Å². The van der Waals surface area contributed by atoms with Crippen molar-refractivity contribution in [3.05, 3.63) is 71.4 Å². The molecule has 3 rings (SSSR count). The number of ether oxygens (including phenoxy) is 1. The van der Waals surface area contributed by atoms with Gasteiger partial charge in [0.25, 0.3) is 0 Å². The van der Waals surface area contributed by atoms with Gasteiger partial charge in [-0.15, -0.1) is 11.8 Å². The number of benzene rings is 2. The summed E-state index contributed by atoms with van der Waals surface area (Å²) in [7, 11) is 1.34. The number of nitrogens with one attached hydrogen (secondary N) is 2. The summed E-state index contributed by atoms with van der Waals surface area (Å²) in [6.45, 7) is 2.05. The first-order valence-electron chi connectivity index (χ1n) is 9.12. The number of amides is 1. The zero-order chi connectivity index (χ0) is 19.9. The van der Waals surface area contributed by atoms with Crippen molar-refractivity contribution in [2.24, 2.45) is 0 Å². The van der Waals surface area contributed by atoms with Crippen LogP contribution >= 0.6 is 11.8 Å². The quantitative estimate of drug-likeness (QED) is 0.571. The fourth-order valence-electron chi connectivity index (χ4n) is 3.04. The summed E-state index contributed by atoms with van der Waals surface area (Å²) in [5, 5.41) is 3.86. The molecule has 0 aliphatic rings. The molecule has 1 amide bonds. The molecule has 5 nitrogen and oxygen atoms in total. The third kappa shape index (κ3) is 5.16. The second-order valence-corrected chi connectivity index (χ2v) is 7.67. The number of hydrogen-bond acceptors (Lipinski definition) is 4. The van der Waals surface area contributed by atoms with Crippen LogP contribution in [0.5, 0.6) is 0 Å². The number of aromatic amines is 1. The van der Waals surface area contributed by atoms with Gasteiger partial charge in [-0.25, -0.2) is 4.79 Å². The number of fused-ring (bicyclic) bond motifs is 1. The Morgan fingerprint density at radius 3 is 2.64 bits per heavy atom. The first-order chi connectivity index (χ1) is 13.6. The largest absolute Gasteiger partial charge is 0.467 e. The van der Waals surface area contributed by atoms with Crippen molar-refractivity contribution in [2.45, 2.75) is 25.1 Å². The molecule has 0 unspecified atom stereocenters. The molecular formula is C22H24N2O3S. The van der Waals surface area contributed by atoms with Gasteiger partial charge in [0.15, 0.2) is 0 Å². The molecule has 2 N–H and O–H groups in total. The Labute approximate surface area is 168 Å². The monoisotopic (exact) mass is 396 g/mol. The fraction of sp³-hybridized carbons (Fsp3) is 0.273. The van der Waals surface area contributed by atoms with E-state index >= 15 is 0 Å². The molecule has 3 aromatic rings. The molecule has 146 valence electrons. The Hall–Kier alpha value is -2.73. The average Bonchev–Trinajstić information content (AvgIpc) is 3.11. The normalized spacial score (nSPS) is 11.9. The first-order valence-corrected chi connectivity index (χ1v) is 10.3. The molecular weight excluding hydrogens is 372 g/mol. The Morgan fingerprint density at radius 1 is 1.14 bits per heavy atom. The maximum Gasteiger partial charge on any atom is 0.328 e. The second-order valence-electron chi connectivity index (χ2n) is 6.69. The van der Waals surface area contributed by atoms with Crippen molar-refractivity contribution < 1.29 is 14.3 Å².